The van der Waals surface area contributed by atoms with Crippen LogP contribution in [0.25, 0.3) is 0 Å². The third-order valence-corrected chi connectivity index (χ3v) is 1.53. The fraction of sp³-hybridized carbons (Fsp3) is 0.250. The number of hydrogen-bond donors (Lipinski definition) is 0. The van der Waals surface area contributed by atoms with Crippen molar-refractivity contribution in [3.05, 3.63) is 24.0 Å². The standard InChI is InChI=1S/C8H10N2O/c1-3-10-6-4-5-7(10)8(11)9-2/h4-6H,2-3H2,1H3. The summed E-state index contributed by atoms with van der Waals surface area (Å²) in [6.07, 6.45) is 1.85. The van der Waals surface area contributed by atoms with E-state index in [9.17, 15) is 4.79 Å². The van der Waals surface area contributed by atoms with Gasteiger partial charge in [-0.2, -0.15) is 0 Å². The summed E-state index contributed by atoms with van der Waals surface area (Å²) in [6, 6.07) is 3.56. The largest absolute Gasteiger partial charge is 0.344 e. The molecule has 1 aromatic rings. The number of hydrogen-bond acceptors (Lipinski definition) is 1. The van der Waals surface area contributed by atoms with E-state index in [1.807, 2.05) is 23.8 Å². The third-order valence-electron chi connectivity index (χ3n) is 1.53. The van der Waals surface area contributed by atoms with Crippen LogP contribution in [0.1, 0.15) is 17.4 Å². The Labute approximate surface area is 65.4 Å². The SMILES string of the molecule is C=NC(=O)c1cccn1CC. The molecule has 0 unspecified atom stereocenters. The van der Waals surface area contributed by atoms with Crippen LogP contribution in [-0.2, 0) is 6.54 Å². The van der Waals surface area contributed by atoms with Gasteiger partial charge >= 0.3 is 0 Å². The summed E-state index contributed by atoms with van der Waals surface area (Å²) in [5, 5.41) is 0. The molecule has 3 nitrogen and oxygen atoms in total. The fourth-order valence-electron chi connectivity index (χ4n) is 0.965. The highest BCUT2D eigenvalue weighted by atomic mass is 16.1. The minimum Gasteiger partial charge on any atom is -0.344 e. The molecule has 1 aromatic heterocycles. The minimum absolute atomic E-state index is 0.267. The number of aromatic nitrogens is 1. The summed E-state index contributed by atoms with van der Waals surface area (Å²) < 4.78 is 1.83. The van der Waals surface area contributed by atoms with Crippen LogP contribution < -0.4 is 0 Å². The number of carbonyl (C=O) groups excluding carboxylic acids is 1. The number of nitrogens with zero attached hydrogens (tertiary/aromatic N) is 2. The van der Waals surface area contributed by atoms with Crippen molar-refractivity contribution in [1.29, 1.82) is 0 Å². The average molecular weight is 150 g/mol. The van der Waals surface area contributed by atoms with E-state index in [0.29, 0.717) is 5.69 Å². The van der Waals surface area contributed by atoms with E-state index in [1.54, 1.807) is 6.07 Å². The summed E-state index contributed by atoms with van der Waals surface area (Å²) >= 11 is 0. The molecule has 0 aliphatic carbocycles. The van der Waals surface area contributed by atoms with E-state index >= 15 is 0 Å². The Kier molecular flexibility index (Phi) is 2.21. The Morgan fingerprint density at radius 3 is 3.09 bits per heavy atom. The monoisotopic (exact) mass is 150 g/mol. The van der Waals surface area contributed by atoms with Crippen molar-refractivity contribution in [3.8, 4) is 0 Å². The molecular weight excluding hydrogens is 140 g/mol. The molecule has 11 heavy (non-hydrogen) atoms. The van der Waals surface area contributed by atoms with Gasteiger partial charge in [-0.1, -0.05) is 0 Å². The molecule has 3 heteroatoms. The predicted octanol–water partition coefficient (Wildman–Crippen LogP) is 1.35. The highest BCUT2D eigenvalue weighted by molar-refractivity contribution is 5.95. The Bertz CT molecular complexity index is 275. The van der Waals surface area contributed by atoms with Gasteiger partial charge in [0.05, 0.1) is 0 Å². The lowest BCUT2D eigenvalue weighted by molar-refractivity contribution is 0.0995. The summed E-state index contributed by atoms with van der Waals surface area (Å²) in [6.45, 7) is 5.93. The van der Waals surface area contributed by atoms with Crippen LogP contribution in [-0.4, -0.2) is 17.2 Å². The molecule has 0 aliphatic rings. The molecule has 0 atom stereocenters. The average Bonchev–Trinajstić information content (AvgIpc) is 2.50. The van der Waals surface area contributed by atoms with E-state index in [2.05, 4.69) is 11.7 Å². The van der Waals surface area contributed by atoms with Crippen molar-refractivity contribution in [1.82, 2.24) is 4.57 Å². The molecule has 0 fully saturated rings. The molecule has 1 heterocycles. The highest BCUT2D eigenvalue weighted by Gasteiger charge is 2.05. The van der Waals surface area contributed by atoms with Crippen molar-refractivity contribution in [2.75, 3.05) is 0 Å². The van der Waals surface area contributed by atoms with Gasteiger partial charge in [0.2, 0.25) is 0 Å². The maximum absolute atomic E-state index is 11.0. The summed E-state index contributed by atoms with van der Waals surface area (Å²) in [5.41, 5.74) is 0.600. The molecule has 0 bridgehead atoms. The molecule has 0 aromatic carbocycles. The molecular formula is C8H10N2O. The molecule has 0 spiro atoms. The zero-order valence-electron chi connectivity index (χ0n) is 6.45. The van der Waals surface area contributed by atoms with Crippen LogP contribution in [0.5, 0.6) is 0 Å². The van der Waals surface area contributed by atoms with Crippen LogP contribution in [0.3, 0.4) is 0 Å². The van der Waals surface area contributed by atoms with Crippen LogP contribution in [0, 0.1) is 0 Å². The zero-order chi connectivity index (χ0) is 8.27. The maximum Gasteiger partial charge on any atom is 0.292 e. The van der Waals surface area contributed by atoms with E-state index in [0.717, 1.165) is 6.54 Å². The highest BCUT2D eigenvalue weighted by Crippen LogP contribution is 2.02. The molecule has 1 amide bonds. The molecule has 58 valence electrons. The molecule has 0 aliphatic heterocycles. The lowest BCUT2D eigenvalue weighted by Gasteiger charge is -2.00. The van der Waals surface area contributed by atoms with Gasteiger partial charge < -0.3 is 4.57 Å². The normalized spacial score (nSPS) is 9.55. The summed E-state index contributed by atoms with van der Waals surface area (Å²) in [7, 11) is 0. The Balaban J connectivity index is 3.01. The van der Waals surface area contributed by atoms with Crippen molar-refractivity contribution < 1.29 is 4.79 Å². The molecule has 0 saturated carbocycles. The summed E-state index contributed by atoms with van der Waals surface area (Å²) in [4.78, 5) is 14.3. The van der Waals surface area contributed by atoms with Gasteiger partial charge in [0.1, 0.15) is 5.69 Å². The molecule has 0 radical (unpaired) electrons. The van der Waals surface area contributed by atoms with Crippen molar-refractivity contribution in [3.63, 3.8) is 0 Å². The van der Waals surface area contributed by atoms with Gasteiger partial charge in [-0.15, -0.1) is 0 Å². The lowest BCUT2D eigenvalue weighted by atomic mass is 10.4. The second-order valence-electron chi connectivity index (χ2n) is 2.14. The van der Waals surface area contributed by atoms with Gasteiger partial charge in [0.15, 0.2) is 0 Å². The van der Waals surface area contributed by atoms with Crippen molar-refractivity contribution >= 4 is 12.6 Å². The fourth-order valence-corrected chi connectivity index (χ4v) is 0.965. The number of aryl methyl sites for hydroxylation is 1. The predicted molar refractivity (Wildman–Crippen MR) is 44.0 cm³/mol. The van der Waals surface area contributed by atoms with Crippen LogP contribution in [0.2, 0.25) is 0 Å². The van der Waals surface area contributed by atoms with E-state index < -0.39 is 0 Å². The van der Waals surface area contributed by atoms with Crippen molar-refractivity contribution in [2.45, 2.75) is 13.5 Å². The van der Waals surface area contributed by atoms with E-state index in [4.69, 9.17) is 0 Å². The van der Waals surface area contributed by atoms with Gasteiger partial charge in [-0.25, -0.2) is 4.99 Å². The van der Waals surface area contributed by atoms with E-state index in [-0.39, 0.29) is 5.91 Å². The number of carbonyl (C=O) groups is 1. The molecule has 0 N–H and O–H groups in total. The van der Waals surface area contributed by atoms with Gasteiger partial charge in [-0.3, -0.25) is 4.79 Å². The second-order valence-corrected chi connectivity index (χ2v) is 2.14. The third kappa shape index (κ3) is 1.37. The Morgan fingerprint density at radius 1 is 1.82 bits per heavy atom. The Hall–Kier alpha value is -1.38. The number of amides is 1. The van der Waals surface area contributed by atoms with Gasteiger partial charge in [0.25, 0.3) is 5.91 Å². The smallest absolute Gasteiger partial charge is 0.292 e. The topological polar surface area (TPSA) is 34.4 Å². The van der Waals surface area contributed by atoms with Crippen LogP contribution in [0.4, 0.5) is 0 Å². The Morgan fingerprint density at radius 2 is 2.55 bits per heavy atom. The summed E-state index contributed by atoms with van der Waals surface area (Å²) in [5.74, 6) is -0.267. The van der Waals surface area contributed by atoms with Crippen molar-refractivity contribution in [2.24, 2.45) is 4.99 Å². The van der Waals surface area contributed by atoms with E-state index in [1.165, 1.54) is 0 Å². The lowest BCUT2D eigenvalue weighted by Crippen LogP contribution is -2.04. The van der Waals surface area contributed by atoms with Crippen LogP contribution in [0.15, 0.2) is 23.3 Å². The minimum atomic E-state index is -0.267. The molecule has 1 rings (SSSR count). The van der Waals surface area contributed by atoms with Gasteiger partial charge in [-0.05, 0) is 25.8 Å². The van der Waals surface area contributed by atoms with Crippen LogP contribution >= 0.6 is 0 Å². The maximum atomic E-state index is 11.0. The van der Waals surface area contributed by atoms with Gasteiger partial charge in [0, 0.05) is 12.7 Å². The first-order chi connectivity index (χ1) is 5.29. The molecule has 0 saturated heterocycles. The second kappa shape index (κ2) is 3.14. The number of rotatable bonds is 2. The zero-order valence-corrected chi connectivity index (χ0v) is 6.45. The first-order valence-corrected chi connectivity index (χ1v) is 3.45. The first-order valence-electron chi connectivity index (χ1n) is 3.45. The first kappa shape index (κ1) is 7.72. The quantitative estimate of drug-likeness (QED) is 0.586. The number of aliphatic imine (C=N–C) groups is 1.